The van der Waals surface area contributed by atoms with Crippen molar-refractivity contribution in [3.63, 3.8) is 0 Å². The van der Waals surface area contributed by atoms with Crippen LogP contribution in [-0.4, -0.2) is 29.1 Å². The van der Waals surface area contributed by atoms with Gasteiger partial charge >= 0.3 is 0 Å². The van der Waals surface area contributed by atoms with E-state index in [0.717, 1.165) is 30.6 Å². The predicted molar refractivity (Wildman–Crippen MR) is 130 cm³/mol. The molecule has 0 aromatic carbocycles. The number of fused-ring (bicyclic) bond motifs is 5. The summed E-state index contributed by atoms with van der Waals surface area (Å²) in [6.07, 6.45) is 17.6. The minimum atomic E-state index is -1.07. The van der Waals surface area contributed by atoms with E-state index in [1.165, 1.54) is 38.5 Å². The molecular weight excluding hydrogens is 388 g/mol. The minimum Gasteiger partial charge on any atom is -0.333 e. The van der Waals surface area contributed by atoms with Crippen LogP contribution < -0.4 is 0 Å². The van der Waals surface area contributed by atoms with Gasteiger partial charge in [0, 0.05) is 10.7 Å². The molecule has 0 amide bonds. The Morgan fingerprint density at radius 3 is 2.40 bits per heavy atom. The van der Waals surface area contributed by atoms with Gasteiger partial charge in [0.15, 0.2) is 0 Å². The highest BCUT2D eigenvalue weighted by Crippen LogP contribution is 2.67. The molecule has 0 bridgehead atoms. The molecule has 4 rings (SSSR count). The molecule has 0 radical (unpaired) electrons. The van der Waals surface area contributed by atoms with Crippen LogP contribution in [0.25, 0.3) is 0 Å². The average Bonchev–Trinajstić information content (AvgIpc) is 2.98. The molecule has 0 unspecified atom stereocenters. The average molecular weight is 435 g/mol. The van der Waals surface area contributed by atoms with Crippen LogP contribution in [0.15, 0.2) is 11.6 Å². The van der Waals surface area contributed by atoms with Crippen LogP contribution in [0.4, 0.5) is 0 Å². The minimum absolute atomic E-state index is 0.226. The highest BCUT2D eigenvalue weighted by Gasteiger charge is 2.59. The molecule has 0 aromatic rings. The molecule has 172 valence electrons. The molecule has 0 spiro atoms. The quantitative estimate of drug-likeness (QED) is 0.435. The van der Waals surface area contributed by atoms with Gasteiger partial charge in [0.05, 0.1) is 6.10 Å². The SMILES string of the molecule is CC(=O)[C@H]1CC[C@H]2[C@@H]3CC=C4C[C@@H](OS(C)(C)C(C)(C)C)CC[C@]4(C)[C@H]3CC[C@]12C. The maximum Gasteiger partial charge on any atom is 0.133 e. The summed E-state index contributed by atoms with van der Waals surface area (Å²) in [4.78, 5) is 12.4. The fraction of sp³-hybridized carbons (Fsp3) is 0.889. The van der Waals surface area contributed by atoms with Gasteiger partial charge in [0.2, 0.25) is 0 Å². The van der Waals surface area contributed by atoms with Crippen LogP contribution in [0.5, 0.6) is 0 Å². The van der Waals surface area contributed by atoms with E-state index in [-0.39, 0.29) is 10.2 Å². The zero-order valence-corrected chi connectivity index (χ0v) is 21.7. The Morgan fingerprint density at radius 1 is 1.07 bits per heavy atom. The van der Waals surface area contributed by atoms with E-state index in [1.54, 1.807) is 5.57 Å². The predicted octanol–water partition coefficient (Wildman–Crippen LogP) is 7.32. The lowest BCUT2D eigenvalue weighted by Gasteiger charge is -2.58. The summed E-state index contributed by atoms with van der Waals surface area (Å²) in [6, 6.07) is 0. The topological polar surface area (TPSA) is 26.3 Å². The van der Waals surface area contributed by atoms with Crippen molar-refractivity contribution in [3.8, 4) is 0 Å². The first-order valence-electron chi connectivity index (χ1n) is 12.4. The Balaban J connectivity index is 1.53. The number of hydrogen-bond acceptors (Lipinski definition) is 2. The second-order valence-electron chi connectivity index (χ2n) is 12.9. The molecule has 0 aromatic heterocycles. The van der Waals surface area contributed by atoms with Crippen molar-refractivity contribution >= 4 is 16.1 Å². The zero-order chi connectivity index (χ0) is 22.1. The van der Waals surface area contributed by atoms with Crippen molar-refractivity contribution in [2.45, 2.75) is 104 Å². The van der Waals surface area contributed by atoms with Gasteiger partial charge in [-0.05, 0) is 99.4 Å². The monoisotopic (exact) mass is 434 g/mol. The van der Waals surface area contributed by atoms with Gasteiger partial charge < -0.3 is 4.18 Å². The van der Waals surface area contributed by atoms with E-state index >= 15 is 0 Å². The standard InChI is InChI=1S/C27H46O2S/c1-18(28)22-11-12-23-21-10-9-19-17-20(29-30(7,8)25(2,3)4)13-15-26(19,5)24(21)14-16-27(22,23)6/h9,20-24H,10-17H2,1-8H3/t20-,21-,22+,23-,24-,26-,27+/m0/s1. The molecular formula is C27H46O2S. The van der Waals surface area contributed by atoms with Gasteiger partial charge in [-0.15, -0.1) is 10.3 Å². The molecule has 0 heterocycles. The summed E-state index contributed by atoms with van der Waals surface area (Å²) in [5, 5.41) is 0. The summed E-state index contributed by atoms with van der Waals surface area (Å²) in [5.74, 6) is 3.10. The highest BCUT2D eigenvalue weighted by atomic mass is 32.3. The molecule has 30 heavy (non-hydrogen) atoms. The molecule has 4 aliphatic carbocycles. The normalized spacial score (nSPS) is 44.5. The van der Waals surface area contributed by atoms with Crippen LogP contribution >= 0.6 is 10.3 Å². The Kier molecular flexibility index (Phi) is 5.63. The molecule has 3 saturated carbocycles. The maximum atomic E-state index is 12.4. The number of rotatable bonds is 3. The first-order chi connectivity index (χ1) is 13.8. The third-order valence-electron chi connectivity index (χ3n) is 10.4. The van der Waals surface area contributed by atoms with Crippen molar-refractivity contribution in [2.75, 3.05) is 12.5 Å². The van der Waals surface area contributed by atoms with E-state index in [1.807, 2.05) is 6.92 Å². The third-order valence-corrected chi connectivity index (χ3v) is 14.1. The van der Waals surface area contributed by atoms with E-state index in [4.69, 9.17) is 4.18 Å². The first kappa shape index (κ1) is 22.9. The lowest BCUT2D eigenvalue weighted by molar-refractivity contribution is -0.127. The van der Waals surface area contributed by atoms with E-state index in [2.05, 4.69) is 53.2 Å². The van der Waals surface area contributed by atoms with Gasteiger partial charge in [-0.2, -0.15) is 0 Å². The lowest BCUT2D eigenvalue weighted by Crippen LogP contribution is -2.51. The van der Waals surface area contributed by atoms with Crippen LogP contribution in [0.1, 0.15) is 92.9 Å². The Morgan fingerprint density at radius 2 is 1.77 bits per heavy atom. The van der Waals surface area contributed by atoms with Crippen molar-refractivity contribution in [1.82, 2.24) is 0 Å². The fourth-order valence-electron chi connectivity index (χ4n) is 7.86. The summed E-state index contributed by atoms with van der Waals surface area (Å²) in [5.41, 5.74) is 2.32. The fourth-order valence-corrected chi connectivity index (χ4v) is 9.00. The van der Waals surface area contributed by atoms with Gasteiger partial charge in [0.25, 0.3) is 0 Å². The maximum absolute atomic E-state index is 12.4. The molecule has 0 aliphatic heterocycles. The summed E-state index contributed by atoms with van der Waals surface area (Å²) in [6.45, 7) is 13.9. The third kappa shape index (κ3) is 3.45. The lowest BCUT2D eigenvalue weighted by atomic mass is 9.47. The Hall–Kier alpha value is -0.280. The zero-order valence-electron chi connectivity index (χ0n) is 20.8. The van der Waals surface area contributed by atoms with Crippen molar-refractivity contribution in [1.29, 1.82) is 0 Å². The molecule has 3 fully saturated rings. The summed E-state index contributed by atoms with van der Waals surface area (Å²) in [7, 11) is -1.07. The van der Waals surface area contributed by atoms with Crippen LogP contribution in [0.3, 0.4) is 0 Å². The number of allylic oxidation sites excluding steroid dienone is 1. The molecule has 0 saturated heterocycles. The van der Waals surface area contributed by atoms with E-state index in [9.17, 15) is 4.79 Å². The number of Topliss-reactive ketones (excluding diaryl/α,β-unsaturated/α-hetero) is 1. The second kappa shape index (κ2) is 7.37. The van der Waals surface area contributed by atoms with Crippen molar-refractivity contribution < 1.29 is 8.98 Å². The smallest absolute Gasteiger partial charge is 0.133 e. The number of hydrogen-bond donors (Lipinski definition) is 0. The number of carbonyl (C=O) groups excluding carboxylic acids is 1. The number of carbonyl (C=O) groups is 1. The molecule has 2 nitrogen and oxygen atoms in total. The summed E-state index contributed by atoms with van der Waals surface area (Å²) < 4.78 is 7.03. The van der Waals surface area contributed by atoms with Gasteiger partial charge in [-0.1, -0.05) is 46.3 Å². The van der Waals surface area contributed by atoms with E-state index < -0.39 is 10.3 Å². The van der Waals surface area contributed by atoms with Crippen molar-refractivity contribution in [3.05, 3.63) is 11.6 Å². The van der Waals surface area contributed by atoms with Gasteiger partial charge in [0.1, 0.15) is 5.78 Å². The first-order valence-corrected chi connectivity index (χ1v) is 14.8. The van der Waals surface area contributed by atoms with Crippen LogP contribution in [0, 0.1) is 34.5 Å². The second-order valence-corrected chi connectivity index (χ2v) is 16.7. The highest BCUT2D eigenvalue weighted by molar-refractivity contribution is 8.29. The largest absolute Gasteiger partial charge is 0.333 e. The number of ketones is 1. The Labute approximate surface area is 187 Å². The van der Waals surface area contributed by atoms with Gasteiger partial charge in [-0.3, -0.25) is 4.79 Å². The van der Waals surface area contributed by atoms with E-state index in [0.29, 0.717) is 23.2 Å². The molecule has 0 N–H and O–H groups in total. The molecule has 7 atom stereocenters. The van der Waals surface area contributed by atoms with Gasteiger partial charge in [-0.25, -0.2) is 0 Å². The molecule has 4 aliphatic rings. The van der Waals surface area contributed by atoms with Crippen LogP contribution in [-0.2, 0) is 8.98 Å². The summed E-state index contributed by atoms with van der Waals surface area (Å²) >= 11 is 0. The van der Waals surface area contributed by atoms with Crippen LogP contribution in [0.2, 0.25) is 0 Å². The molecule has 3 heteroatoms. The van der Waals surface area contributed by atoms with Crippen molar-refractivity contribution in [2.24, 2.45) is 34.5 Å². The Bertz CT molecular complexity index is 732.